The van der Waals surface area contributed by atoms with Crippen molar-refractivity contribution >= 4 is 41.0 Å². The lowest BCUT2D eigenvalue weighted by atomic mass is 10.2. The summed E-state index contributed by atoms with van der Waals surface area (Å²) in [5.41, 5.74) is 5.00. The van der Waals surface area contributed by atoms with Gasteiger partial charge >= 0.3 is 0 Å². The lowest BCUT2D eigenvalue weighted by Gasteiger charge is -2.06. The predicted molar refractivity (Wildman–Crippen MR) is 89.8 cm³/mol. The van der Waals surface area contributed by atoms with Gasteiger partial charge in [0.05, 0.1) is 21.4 Å². The fourth-order valence-corrected chi connectivity index (χ4v) is 2.25. The van der Waals surface area contributed by atoms with E-state index in [0.717, 1.165) is 17.0 Å². The summed E-state index contributed by atoms with van der Waals surface area (Å²) in [6.07, 6.45) is 5.30. The maximum absolute atomic E-state index is 6.07. The summed E-state index contributed by atoms with van der Waals surface area (Å²) < 4.78 is 0. The third-order valence-electron chi connectivity index (χ3n) is 2.71. The fraction of sp³-hybridized carbons (Fsp3) is 0.214. The van der Waals surface area contributed by atoms with Gasteiger partial charge in [-0.25, -0.2) is 4.98 Å². The van der Waals surface area contributed by atoms with Gasteiger partial charge < -0.3 is 0 Å². The van der Waals surface area contributed by atoms with Crippen LogP contribution in [-0.4, -0.2) is 21.4 Å². The highest BCUT2D eigenvalue weighted by molar-refractivity contribution is 7.98. The normalized spacial score (nSPS) is 11.1. The maximum atomic E-state index is 6.07. The standard InChI is InChI=1S/C14H14Cl2N4OS/c1-9-12(18-14(22-2)20-19-9)6-7-17-21-8-10-4-3-5-11(15)13(10)16/h3-7,17H,8H2,1-2H3/b7-6+. The van der Waals surface area contributed by atoms with Crippen LogP contribution in [0.4, 0.5) is 0 Å². The Labute approximate surface area is 143 Å². The van der Waals surface area contributed by atoms with E-state index in [1.54, 1.807) is 18.3 Å². The highest BCUT2D eigenvalue weighted by Gasteiger charge is 2.04. The molecule has 1 N–H and O–H groups in total. The molecule has 0 bridgehead atoms. The molecule has 0 aliphatic carbocycles. The van der Waals surface area contributed by atoms with Crippen LogP contribution in [0.5, 0.6) is 0 Å². The van der Waals surface area contributed by atoms with Gasteiger partial charge in [-0.05, 0) is 25.3 Å². The number of aryl methyl sites for hydroxylation is 1. The van der Waals surface area contributed by atoms with Crippen LogP contribution < -0.4 is 5.48 Å². The van der Waals surface area contributed by atoms with Crippen molar-refractivity contribution in [1.29, 1.82) is 0 Å². The van der Waals surface area contributed by atoms with Crippen LogP contribution in [0.25, 0.3) is 6.08 Å². The molecule has 0 aliphatic rings. The number of nitrogens with zero attached hydrogens (tertiary/aromatic N) is 3. The second kappa shape index (κ2) is 8.33. The first kappa shape index (κ1) is 17.0. The molecule has 0 atom stereocenters. The quantitative estimate of drug-likeness (QED) is 0.481. The number of hydrogen-bond acceptors (Lipinski definition) is 6. The summed E-state index contributed by atoms with van der Waals surface area (Å²) in [5, 5.41) is 9.60. The molecule has 0 saturated carbocycles. The van der Waals surface area contributed by atoms with E-state index in [4.69, 9.17) is 28.0 Å². The molecule has 0 saturated heterocycles. The molecule has 116 valence electrons. The second-order valence-corrected chi connectivity index (χ2v) is 5.78. The highest BCUT2D eigenvalue weighted by atomic mass is 35.5. The van der Waals surface area contributed by atoms with Gasteiger partial charge in [0.25, 0.3) is 0 Å². The van der Waals surface area contributed by atoms with E-state index in [1.165, 1.54) is 11.8 Å². The number of benzene rings is 1. The van der Waals surface area contributed by atoms with Crippen molar-refractivity contribution in [1.82, 2.24) is 20.7 Å². The van der Waals surface area contributed by atoms with Crippen molar-refractivity contribution in [3.05, 3.63) is 51.4 Å². The molecule has 0 radical (unpaired) electrons. The van der Waals surface area contributed by atoms with E-state index in [9.17, 15) is 0 Å². The fourth-order valence-electron chi connectivity index (χ4n) is 1.56. The molecule has 0 unspecified atom stereocenters. The second-order valence-electron chi connectivity index (χ2n) is 4.22. The van der Waals surface area contributed by atoms with Gasteiger partial charge in [-0.1, -0.05) is 47.1 Å². The van der Waals surface area contributed by atoms with E-state index in [2.05, 4.69) is 20.7 Å². The van der Waals surface area contributed by atoms with Crippen molar-refractivity contribution in [3.8, 4) is 0 Å². The zero-order valence-electron chi connectivity index (χ0n) is 12.0. The van der Waals surface area contributed by atoms with E-state index in [0.29, 0.717) is 21.8 Å². The van der Waals surface area contributed by atoms with Gasteiger partial charge in [0.2, 0.25) is 5.16 Å². The monoisotopic (exact) mass is 356 g/mol. The molecule has 0 spiro atoms. The summed E-state index contributed by atoms with van der Waals surface area (Å²) >= 11 is 13.4. The van der Waals surface area contributed by atoms with Crippen molar-refractivity contribution in [2.24, 2.45) is 0 Å². The van der Waals surface area contributed by atoms with E-state index < -0.39 is 0 Å². The minimum absolute atomic E-state index is 0.292. The highest BCUT2D eigenvalue weighted by Crippen LogP contribution is 2.25. The summed E-state index contributed by atoms with van der Waals surface area (Å²) in [6.45, 7) is 2.14. The first-order valence-corrected chi connectivity index (χ1v) is 8.32. The van der Waals surface area contributed by atoms with Gasteiger partial charge in [-0.15, -0.1) is 5.10 Å². The molecular formula is C14H14Cl2N4OS. The zero-order valence-corrected chi connectivity index (χ0v) is 14.3. The molecule has 0 amide bonds. The third kappa shape index (κ3) is 4.58. The summed E-state index contributed by atoms with van der Waals surface area (Å²) in [6, 6.07) is 5.40. The number of rotatable bonds is 6. The molecule has 8 heteroatoms. The average molecular weight is 357 g/mol. The molecule has 0 fully saturated rings. The number of aromatic nitrogens is 3. The Bertz CT molecular complexity index is 682. The van der Waals surface area contributed by atoms with Crippen LogP contribution in [0.2, 0.25) is 10.0 Å². The summed E-state index contributed by atoms with van der Waals surface area (Å²) in [7, 11) is 0. The number of hydrogen-bond donors (Lipinski definition) is 1. The molecule has 1 aromatic carbocycles. The van der Waals surface area contributed by atoms with Gasteiger partial charge in [-0.2, -0.15) is 5.10 Å². The smallest absolute Gasteiger partial charge is 0.209 e. The van der Waals surface area contributed by atoms with Gasteiger partial charge in [-0.3, -0.25) is 10.3 Å². The van der Waals surface area contributed by atoms with Crippen molar-refractivity contribution in [2.75, 3.05) is 6.26 Å². The lowest BCUT2D eigenvalue weighted by Crippen LogP contribution is -2.07. The topological polar surface area (TPSA) is 59.9 Å². The van der Waals surface area contributed by atoms with E-state index in [1.807, 2.05) is 25.3 Å². The Morgan fingerprint density at radius 2 is 2.14 bits per heavy atom. The van der Waals surface area contributed by atoms with Crippen molar-refractivity contribution in [2.45, 2.75) is 18.7 Å². The zero-order chi connectivity index (χ0) is 15.9. The minimum Gasteiger partial charge on any atom is -0.274 e. The number of thioether (sulfide) groups is 1. The largest absolute Gasteiger partial charge is 0.274 e. The Hall–Kier alpha value is -1.34. The number of nitrogens with one attached hydrogen (secondary N) is 1. The Balaban J connectivity index is 1.90. The lowest BCUT2D eigenvalue weighted by molar-refractivity contribution is 0.0582. The van der Waals surface area contributed by atoms with Gasteiger partial charge in [0.15, 0.2) is 0 Å². The first-order chi connectivity index (χ1) is 10.6. The van der Waals surface area contributed by atoms with E-state index in [-0.39, 0.29) is 0 Å². The maximum Gasteiger partial charge on any atom is 0.209 e. The van der Waals surface area contributed by atoms with E-state index >= 15 is 0 Å². The SMILES string of the molecule is CSc1nnc(C)c(/C=C/NOCc2cccc(Cl)c2Cl)n1. The van der Waals surface area contributed by atoms with Gasteiger partial charge in [0, 0.05) is 11.8 Å². The van der Waals surface area contributed by atoms with Crippen LogP contribution in [-0.2, 0) is 11.4 Å². The molecule has 2 rings (SSSR count). The van der Waals surface area contributed by atoms with Crippen molar-refractivity contribution in [3.63, 3.8) is 0 Å². The summed E-state index contributed by atoms with van der Waals surface area (Å²) in [4.78, 5) is 9.67. The number of hydroxylamine groups is 1. The molecule has 2 aromatic rings. The minimum atomic E-state index is 0.292. The van der Waals surface area contributed by atoms with Crippen molar-refractivity contribution < 1.29 is 4.84 Å². The van der Waals surface area contributed by atoms with Crippen LogP contribution in [0.1, 0.15) is 17.0 Å². The average Bonchev–Trinajstić information content (AvgIpc) is 2.52. The Kier molecular flexibility index (Phi) is 6.45. The Morgan fingerprint density at radius 1 is 1.32 bits per heavy atom. The molecule has 1 heterocycles. The van der Waals surface area contributed by atoms with Crippen LogP contribution in [0.3, 0.4) is 0 Å². The van der Waals surface area contributed by atoms with Crippen LogP contribution in [0, 0.1) is 6.92 Å². The predicted octanol–water partition coefficient (Wildman–Crippen LogP) is 3.90. The number of halogens is 2. The summed E-state index contributed by atoms with van der Waals surface area (Å²) in [5.74, 6) is 0. The van der Waals surface area contributed by atoms with Crippen LogP contribution in [0.15, 0.2) is 29.6 Å². The molecule has 0 aliphatic heterocycles. The van der Waals surface area contributed by atoms with Crippen LogP contribution >= 0.6 is 35.0 Å². The Morgan fingerprint density at radius 3 is 2.91 bits per heavy atom. The third-order valence-corrected chi connectivity index (χ3v) is 4.10. The molecule has 5 nitrogen and oxygen atoms in total. The molecule has 1 aromatic heterocycles. The van der Waals surface area contributed by atoms with Gasteiger partial charge in [0.1, 0.15) is 6.61 Å². The first-order valence-electron chi connectivity index (χ1n) is 6.34. The molecular weight excluding hydrogens is 343 g/mol. The molecule has 22 heavy (non-hydrogen) atoms.